The summed E-state index contributed by atoms with van der Waals surface area (Å²) in [5.41, 5.74) is 2.96. The summed E-state index contributed by atoms with van der Waals surface area (Å²) in [6.45, 7) is 1.12. The number of rotatable bonds is 6. The summed E-state index contributed by atoms with van der Waals surface area (Å²) in [6, 6.07) is 20.5. The molecule has 3 rings (SSSR count). The molecule has 0 aliphatic heterocycles. The molecule has 0 unspecified atom stereocenters. The van der Waals surface area contributed by atoms with E-state index in [1.165, 1.54) is 6.07 Å². The monoisotopic (exact) mass is 419 g/mol. The number of hydrogen-bond acceptors (Lipinski definition) is 2. The summed E-state index contributed by atoms with van der Waals surface area (Å²) >= 11 is 9.33. The Labute approximate surface area is 159 Å². The summed E-state index contributed by atoms with van der Waals surface area (Å²) in [6.07, 6.45) is 0. The molecule has 0 radical (unpaired) electrons. The van der Waals surface area contributed by atoms with Gasteiger partial charge in [-0.15, -0.1) is 0 Å². The Balaban J connectivity index is 1.60. The predicted octanol–water partition coefficient (Wildman–Crippen LogP) is 6.43. The minimum absolute atomic E-state index is 0.107. The molecule has 0 aliphatic rings. The Morgan fingerprint density at radius 1 is 0.960 bits per heavy atom. The van der Waals surface area contributed by atoms with E-state index in [1.807, 2.05) is 48.5 Å². The molecule has 0 saturated heterocycles. The number of ether oxygens (including phenoxy) is 1. The van der Waals surface area contributed by atoms with Crippen molar-refractivity contribution in [2.45, 2.75) is 13.2 Å². The van der Waals surface area contributed by atoms with Crippen LogP contribution in [0, 0.1) is 5.82 Å². The van der Waals surface area contributed by atoms with Crippen LogP contribution in [0.1, 0.15) is 11.1 Å². The van der Waals surface area contributed by atoms with Gasteiger partial charge in [0.15, 0.2) is 0 Å². The lowest BCUT2D eigenvalue weighted by Gasteiger charge is -2.11. The average Bonchev–Trinajstić information content (AvgIpc) is 2.63. The van der Waals surface area contributed by atoms with E-state index in [2.05, 4.69) is 21.2 Å². The Bertz CT molecular complexity index is 858. The number of halogens is 3. The zero-order valence-electron chi connectivity index (χ0n) is 13.3. The average molecular weight is 421 g/mol. The molecule has 0 bridgehead atoms. The van der Waals surface area contributed by atoms with Crippen LogP contribution in [0.25, 0.3) is 0 Å². The van der Waals surface area contributed by atoms with Crippen LogP contribution in [-0.2, 0) is 13.2 Å². The molecule has 0 atom stereocenters. The molecule has 0 amide bonds. The van der Waals surface area contributed by atoms with E-state index >= 15 is 0 Å². The lowest BCUT2D eigenvalue weighted by Crippen LogP contribution is -2.01. The first-order valence-electron chi connectivity index (χ1n) is 7.76. The molecule has 0 aromatic heterocycles. The van der Waals surface area contributed by atoms with Gasteiger partial charge >= 0.3 is 0 Å². The van der Waals surface area contributed by atoms with E-state index < -0.39 is 5.82 Å². The topological polar surface area (TPSA) is 21.3 Å². The van der Waals surface area contributed by atoms with Crippen LogP contribution in [0.3, 0.4) is 0 Å². The molecule has 3 aromatic carbocycles. The third kappa shape index (κ3) is 4.97. The fourth-order valence-corrected chi connectivity index (χ4v) is 3.04. The number of nitrogens with one attached hydrogen (secondary N) is 1. The Hall–Kier alpha value is -2.04. The molecule has 0 spiro atoms. The van der Waals surface area contributed by atoms with Crippen LogP contribution >= 0.6 is 27.5 Å². The van der Waals surface area contributed by atoms with Crippen LogP contribution in [0.5, 0.6) is 5.75 Å². The van der Waals surface area contributed by atoms with Crippen molar-refractivity contribution in [3.05, 3.63) is 93.2 Å². The maximum atomic E-state index is 13.2. The van der Waals surface area contributed by atoms with Crippen LogP contribution in [-0.4, -0.2) is 0 Å². The Kier molecular flexibility index (Phi) is 5.95. The van der Waals surface area contributed by atoms with Gasteiger partial charge in [0.2, 0.25) is 0 Å². The SMILES string of the molecule is Fc1ccc(NCc2ccc(OCc3ccccc3)c(Br)c2)cc1Cl. The van der Waals surface area contributed by atoms with Crippen molar-refractivity contribution in [2.75, 3.05) is 5.32 Å². The van der Waals surface area contributed by atoms with Crippen molar-refractivity contribution in [2.24, 2.45) is 0 Å². The van der Waals surface area contributed by atoms with Crippen LogP contribution in [0.4, 0.5) is 10.1 Å². The van der Waals surface area contributed by atoms with E-state index in [4.69, 9.17) is 16.3 Å². The molecule has 0 heterocycles. The van der Waals surface area contributed by atoms with Crippen molar-refractivity contribution in [1.29, 1.82) is 0 Å². The van der Waals surface area contributed by atoms with Gasteiger partial charge < -0.3 is 10.1 Å². The lowest BCUT2D eigenvalue weighted by atomic mass is 10.2. The molecule has 1 N–H and O–H groups in total. The number of hydrogen-bond donors (Lipinski definition) is 1. The van der Waals surface area contributed by atoms with Crippen molar-refractivity contribution in [3.63, 3.8) is 0 Å². The van der Waals surface area contributed by atoms with E-state index in [0.29, 0.717) is 13.2 Å². The molecule has 0 fully saturated rings. The van der Waals surface area contributed by atoms with Crippen molar-refractivity contribution in [1.82, 2.24) is 0 Å². The first kappa shape index (κ1) is 17.8. The highest BCUT2D eigenvalue weighted by molar-refractivity contribution is 9.10. The van der Waals surface area contributed by atoms with Gasteiger partial charge in [-0.3, -0.25) is 0 Å². The number of benzene rings is 3. The van der Waals surface area contributed by atoms with E-state index in [1.54, 1.807) is 12.1 Å². The van der Waals surface area contributed by atoms with Gasteiger partial charge in [-0.05, 0) is 57.4 Å². The van der Waals surface area contributed by atoms with E-state index in [-0.39, 0.29) is 5.02 Å². The summed E-state index contributed by atoms with van der Waals surface area (Å²) in [5, 5.41) is 3.33. The second-order valence-corrected chi connectivity index (χ2v) is 6.78. The summed E-state index contributed by atoms with van der Waals surface area (Å²) in [4.78, 5) is 0. The van der Waals surface area contributed by atoms with Crippen LogP contribution in [0.15, 0.2) is 71.2 Å². The van der Waals surface area contributed by atoms with E-state index in [0.717, 1.165) is 27.0 Å². The molecule has 0 saturated carbocycles. The molecule has 0 aliphatic carbocycles. The minimum Gasteiger partial charge on any atom is -0.488 e. The van der Waals surface area contributed by atoms with Crippen molar-refractivity contribution in [3.8, 4) is 5.75 Å². The summed E-state index contributed by atoms with van der Waals surface area (Å²) in [7, 11) is 0. The zero-order valence-corrected chi connectivity index (χ0v) is 15.6. The molecular formula is C20H16BrClFNO. The highest BCUT2D eigenvalue weighted by Crippen LogP contribution is 2.27. The third-order valence-corrected chi connectivity index (χ3v) is 4.56. The normalized spacial score (nSPS) is 10.5. The van der Waals surface area contributed by atoms with Gasteiger partial charge in [0.1, 0.15) is 18.2 Å². The molecular weight excluding hydrogens is 405 g/mol. The maximum absolute atomic E-state index is 13.2. The molecule has 5 heteroatoms. The predicted molar refractivity (Wildman–Crippen MR) is 104 cm³/mol. The van der Waals surface area contributed by atoms with Gasteiger partial charge in [-0.25, -0.2) is 4.39 Å². The van der Waals surface area contributed by atoms with Gasteiger partial charge in [-0.2, -0.15) is 0 Å². The third-order valence-electron chi connectivity index (χ3n) is 3.65. The fourth-order valence-electron chi connectivity index (χ4n) is 2.32. The fraction of sp³-hybridized carbons (Fsp3) is 0.100. The Morgan fingerprint density at radius 2 is 1.76 bits per heavy atom. The highest BCUT2D eigenvalue weighted by Gasteiger charge is 2.05. The molecule has 3 aromatic rings. The highest BCUT2D eigenvalue weighted by atomic mass is 79.9. The van der Waals surface area contributed by atoms with Crippen LogP contribution in [0.2, 0.25) is 5.02 Å². The zero-order chi connectivity index (χ0) is 17.6. The maximum Gasteiger partial charge on any atom is 0.141 e. The number of anilines is 1. The standard InChI is InChI=1S/C20H16BrClFNO/c21-17-10-15(12-24-16-7-8-19(23)18(22)11-16)6-9-20(17)25-13-14-4-2-1-3-5-14/h1-11,24H,12-13H2. The summed E-state index contributed by atoms with van der Waals surface area (Å²) < 4.78 is 19.9. The van der Waals surface area contributed by atoms with Crippen molar-refractivity contribution >= 4 is 33.2 Å². The smallest absolute Gasteiger partial charge is 0.141 e. The minimum atomic E-state index is -0.421. The Morgan fingerprint density at radius 3 is 2.48 bits per heavy atom. The van der Waals surface area contributed by atoms with Crippen LogP contribution < -0.4 is 10.1 Å². The first-order chi connectivity index (χ1) is 12.1. The summed E-state index contributed by atoms with van der Waals surface area (Å²) in [5.74, 6) is 0.368. The molecule has 2 nitrogen and oxygen atoms in total. The molecule has 25 heavy (non-hydrogen) atoms. The first-order valence-corrected chi connectivity index (χ1v) is 8.93. The second-order valence-electron chi connectivity index (χ2n) is 5.52. The van der Waals surface area contributed by atoms with Gasteiger partial charge in [-0.1, -0.05) is 48.0 Å². The van der Waals surface area contributed by atoms with Gasteiger partial charge in [0.05, 0.1) is 9.50 Å². The van der Waals surface area contributed by atoms with Crippen molar-refractivity contribution < 1.29 is 9.13 Å². The van der Waals surface area contributed by atoms with Gasteiger partial charge in [0, 0.05) is 12.2 Å². The lowest BCUT2D eigenvalue weighted by molar-refractivity contribution is 0.304. The van der Waals surface area contributed by atoms with Gasteiger partial charge in [0.25, 0.3) is 0 Å². The van der Waals surface area contributed by atoms with E-state index in [9.17, 15) is 4.39 Å². The largest absolute Gasteiger partial charge is 0.488 e. The second kappa shape index (κ2) is 8.37. The quantitative estimate of drug-likeness (QED) is 0.496. The molecule has 128 valence electrons.